The largest absolute Gasteiger partial charge is 0.394 e. The Bertz CT molecular complexity index is 1490. The van der Waals surface area contributed by atoms with Crippen LogP contribution in [0.3, 0.4) is 0 Å². The van der Waals surface area contributed by atoms with Crippen molar-refractivity contribution in [3.8, 4) is 0 Å². The molecule has 0 aliphatic carbocycles. The van der Waals surface area contributed by atoms with Crippen LogP contribution in [-0.4, -0.2) is 268 Å². The first-order chi connectivity index (χ1) is 30.8. The van der Waals surface area contributed by atoms with Crippen molar-refractivity contribution < 1.29 is 108 Å². The Labute approximate surface area is 371 Å². The lowest BCUT2D eigenvalue weighted by Gasteiger charge is -2.45. The van der Waals surface area contributed by atoms with Crippen LogP contribution in [0.1, 0.15) is 6.42 Å². The number of rotatable bonds is 19. The molecular formula is C35H66N8O22. The summed E-state index contributed by atoms with van der Waals surface area (Å²) in [5.41, 5.74) is 30.2. The highest BCUT2D eigenvalue weighted by atomic mass is 16.8. The average Bonchev–Trinajstić information content (AvgIpc) is 3.29. The predicted octanol–water partition coefficient (Wildman–Crippen LogP) is -12.6. The number of hydrazone groups is 1. The maximum absolute atomic E-state index is 11.5. The van der Waals surface area contributed by atoms with Gasteiger partial charge in [-0.3, -0.25) is 4.79 Å². The van der Waals surface area contributed by atoms with Crippen LogP contribution in [0.15, 0.2) is 5.10 Å². The molecule has 0 saturated carbocycles. The van der Waals surface area contributed by atoms with E-state index >= 15 is 0 Å². The second kappa shape index (κ2) is 24.4. The molecule has 65 heavy (non-hydrogen) atoms. The minimum Gasteiger partial charge on any atom is -0.394 e. The van der Waals surface area contributed by atoms with Gasteiger partial charge < -0.3 is 143 Å². The van der Waals surface area contributed by atoms with Crippen LogP contribution in [0.25, 0.3) is 0 Å². The molecule has 10 unspecified atom stereocenters. The number of ether oxygens (including phenoxy) is 10. The number of carbonyl (C=O) groups excluding carboxylic acids is 1. The molecule has 5 rings (SSSR count). The number of nitrogens with zero attached hydrogens (tertiary/aromatic N) is 1. The van der Waals surface area contributed by atoms with Gasteiger partial charge >= 0.3 is 0 Å². The number of carbonyl (C=O) groups is 1. The molecule has 30 heteroatoms. The van der Waals surface area contributed by atoms with Crippen LogP contribution in [0, 0.1) is 0 Å². The number of hydrogen-bond donors (Lipinski definition) is 18. The van der Waals surface area contributed by atoms with Crippen molar-refractivity contribution in [2.75, 3.05) is 46.2 Å². The zero-order valence-corrected chi connectivity index (χ0v) is 35.0. The van der Waals surface area contributed by atoms with Crippen LogP contribution >= 0.6 is 0 Å². The van der Waals surface area contributed by atoms with Crippen LogP contribution in [0.2, 0.25) is 0 Å². The molecule has 25 atom stereocenters. The van der Waals surface area contributed by atoms with Gasteiger partial charge in [-0.15, -0.1) is 0 Å². The van der Waals surface area contributed by atoms with Gasteiger partial charge in [0.25, 0.3) is 5.91 Å². The fourth-order valence-electron chi connectivity index (χ4n) is 7.57. The lowest BCUT2D eigenvalue weighted by Crippen LogP contribution is -2.66. The summed E-state index contributed by atoms with van der Waals surface area (Å²) < 4.78 is 56.9. The van der Waals surface area contributed by atoms with Gasteiger partial charge in [-0.05, 0) is 6.42 Å². The first kappa shape index (κ1) is 53.8. The Morgan fingerprint density at radius 3 is 1.05 bits per heavy atom. The first-order valence-corrected chi connectivity index (χ1v) is 20.9. The van der Waals surface area contributed by atoms with E-state index < -0.39 is 192 Å². The molecule has 0 aromatic carbocycles. The molecule has 5 heterocycles. The number of hydrogen-bond acceptors (Lipinski definition) is 29. The molecule has 24 N–H and O–H groups in total. The highest BCUT2D eigenvalue weighted by Crippen LogP contribution is 2.29. The van der Waals surface area contributed by atoms with E-state index in [2.05, 4.69) is 10.4 Å². The lowest BCUT2D eigenvalue weighted by molar-refractivity contribution is -0.321. The third-order valence-electron chi connectivity index (χ3n) is 11.7. The van der Waals surface area contributed by atoms with Crippen LogP contribution in [0.5, 0.6) is 0 Å². The van der Waals surface area contributed by atoms with E-state index in [4.69, 9.17) is 81.9 Å². The Hall–Kier alpha value is -2.10. The average molecular weight is 951 g/mol. The Morgan fingerprint density at radius 2 is 0.754 bits per heavy atom. The third-order valence-corrected chi connectivity index (χ3v) is 11.7. The SMILES string of the molecule is NN=CC(=O)NCCCO[C@@H]1OC(CO[C@H]2OC(CO[C@H]3OC(CO[C@H]4OC(CO[C@@H]5OC(CO)[C@@H](O)[C@H](O)C5N)[C@@H](O)[C@H](O)C4N)[C@@H](O)[C@H](O)C3N)[C@@H](O)[C@H](O)C2N)[C@@H](O)[C@H](O)C1N. The summed E-state index contributed by atoms with van der Waals surface area (Å²) in [5.74, 6) is 4.41. The second-order valence-corrected chi connectivity index (χ2v) is 16.3. The lowest BCUT2D eigenvalue weighted by atomic mass is 9.96. The summed E-state index contributed by atoms with van der Waals surface area (Å²) >= 11 is 0. The number of aliphatic hydroxyl groups excluding tert-OH is 11. The van der Waals surface area contributed by atoms with Gasteiger partial charge in [0.1, 0.15) is 97.8 Å². The van der Waals surface area contributed by atoms with Crippen molar-refractivity contribution in [1.82, 2.24) is 5.32 Å². The topological polar surface area (TPSA) is 512 Å². The van der Waals surface area contributed by atoms with E-state index in [0.717, 1.165) is 6.21 Å². The van der Waals surface area contributed by atoms with Crippen molar-refractivity contribution in [2.24, 2.45) is 39.6 Å². The van der Waals surface area contributed by atoms with Crippen molar-refractivity contribution in [1.29, 1.82) is 0 Å². The van der Waals surface area contributed by atoms with Crippen molar-refractivity contribution in [3.63, 3.8) is 0 Å². The standard InChI is InChI=1S/C35H66N8O22/c36-16-27(52)22(47)11(62-31(16)56-3-1-2-42-15(45)4-43-41)6-58-33-18(38)29(54)24(49)13(64-33)8-60-35-20(40)30(55)25(50)14(65-35)9-59-34-19(39)28(53)23(48)12(63-34)7-57-32-17(37)26(51)21(46)10(5-44)61-32/h4,10-14,16-35,44,46-55H,1-3,5-9,36-41H2,(H,42,45)/t10?,11?,12?,13?,14?,16?,17?,18?,19?,20?,21-,22-,23-,24-,25-,26-,27-,28-,29-,30-,31-,32-,33+,34+,35+/m1/s1. The molecule has 5 aliphatic rings. The maximum atomic E-state index is 11.5. The quantitative estimate of drug-likeness (QED) is 0.0247. The van der Waals surface area contributed by atoms with E-state index in [1.165, 1.54) is 0 Å². The molecule has 30 nitrogen and oxygen atoms in total. The molecule has 0 aromatic heterocycles. The summed E-state index contributed by atoms with van der Waals surface area (Å²) in [4.78, 5) is 11.5. The van der Waals surface area contributed by atoms with Crippen LogP contribution < -0.4 is 39.8 Å². The van der Waals surface area contributed by atoms with Crippen molar-refractivity contribution >= 4 is 12.1 Å². The molecule has 5 aliphatic heterocycles. The van der Waals surface area contributed by atoms with Crippen LogP contribution in [-0.2, 0) is 52.2 Å². The van der Waals surface area contributed by atoms with Crippen molar-refractivity contribution in [2.45, 2.75) is 160 Å². The highest BCUT2D eigenvalue weighted by molar-refractivity contribution is 6.26. The molecule has 0 aromatic rings. The van der Waals surface area contributed by atoms with Gasteiger partial charge in [-0.1, -0.05) is 0 Å². The summed E-state index contributed by atoms with van der Waals surface area (Å²) in [6, 6.07) is -6.58. The molecule has 0 radical (unpaired) electrons. The fraction of sp³-hybridized carbons (Fsp3) is 0.943. The molecule has 0 bridgehead atoms. The zero-order chi connectivity index (χ0) is 47.9. The molecule has 378 valence electrons. The Kier molecular flexibility index (Phi) is 20.3. The molecular weight excluding hydrogens is 884 g/mol. The highest BCUT2D eigenvalue weighted by Gasteiger charge is 2.50. The van der Waals surface area contributed by atoms with Gasteiger partial charge in [0.2, 0.25) is 0 Å². The van der Waals surface area contributed by atoms with E-state index in [9.17, 15) is 61.0 Å². The van der Waals surface area contributed by atoms with Gasteiger partial charge in [0.15, 0.2) is 31.5 Å². The Morgan fingerprint density at radius 1 is 0.477 bits per heavy atom. The summed E-state index contributed by atoms with van der Waals surface area (Å²) in [7, 11) is 0. The van der Waals surface area contributed by atoms with Gasteiger partial charge in [-0.25, -0.2) is 0 Å². The first-order valence-electron chi connectivity index (χ1n) is 20.9. The molecule has 5 saturated heterocycles. The third kappa shape index (κ3) is 13.0. The predicted molar refractivity (Wildman–Crippen MR) is 210 cm³/mol. The zero-order valence-electron chi connectivity index (χ0n) is 35.0. The summed E-state index contributed by atoms with van der Waals surface area (Å²) in [6.07, 6.45) is -28.6. The smallest absolute Gasteiger partial charge is 0.264 e. The van der Waals surface area contributed by atoms with E-state index in [-0.39, 0.29) is 13.2 Å². The number of amides is 1. The summed E-state index contributed by atoms with van der Waals surface area (Å²) in [5, 5.41) is 121. The van der Waals surface area contributed by atoms with E-state index in [0.29, 0.717) is 6.42 Å². The normalized spacial score (nSPS) is 47.5. The fourth-order valence-corrected chi connectivity index (χ4v) is 7.57. The number of nitrogens with one attached hydrogen (secondary N) is 1. The van der Waals surface area contributed by atoms with E-state index in [1.54, 1.807) is 0 Å². The minimum atomic E-state index is -1.68. The second-order valence-electron chi connectivity index (χ2n) is 16.3. The maximum Gasteiger partial charge on any atom is 0.264 e. The van der Waals surface area contributed by atoms with Gasteiger partial charge in [0, 0.05) is 6.54 Å². The molecule has 1 amide bonds. The number of nitrogens with two attached hydrogens (primary N) is 6. The molecule has 5 fully saturated rings. The minimum absolute atomic E-state index is 0.0203. The number of aliphatic hydroxyl groups is 11. The van der Waals surface area contributed by atoms with Gasteiger partial charge in [0.05, 0.1) is 69.9 Å². The van der Waals surface area contributed by atoms with Crippen LogP contribution in [0.4, 0.5) is 0 Å². The summed E-state index contributed by atoms with van der Waals surface area (Å²) in [6.45, 7) is -2.62. The van der Waals surface area contributed by atoms with Gasteiger partial charge in [-0.2, -0.15) is 5.10 Å². The van der Waals surface area contributed by atoms with E-state index in [1.807, 2.05) is 0 Å². The van der Waals surface area contributed by atoms with Crippen molar-refractivity contribution in [3.05, 3.63) is 0 Å². The Balaban J connectivity index is 1.12. The monoisotopic (exact) mass is 950 g/mol. The molecule has 0 spiro atoms.